The number of unbranched alkanes of at least 4 members (excludes halogenated alkanes) is 2. The van der Waals surface area contributed by atoms with Gasteiger partial charge in [0.25, 0.3) is 0 Å². The van der Waals surface area contributed by atoms with Crippen molar-refractivity contribution in [1.82, 2.24) is 5.48 Å². The van der Waals surface area contributed by atoms with Crippen LogP contribution in [-0.4, -0.2) is 11.1 Å². The Bertz CT molecular complexity index is 285. The van der Waals surface area contributed by atoms with Crippen LogP contribution in [0.4, 0.5) is 0 Å². The van der Waals surface area contributed by atoms with Crippen molar-refractivity contribution >= 4 is 5.91 Å². The van der Waals surface area contributed by atoms with E-state index >= 15 is 0 Å². The molecule has 3 nitrogen and oxygen atoms in total. The molecular weight excluding hydrogens is 190 g/mol. The van der Waals surface area contributed by atoms with Crippen LogP contribution in [-0.2, 0) is 11.2 Å². The van der Waals surface area contributed by atoms with Crippen LogP contribution in [0, 0.1) is 0 Å². The zero-order chi connectivity index (χ0) is 10.9. The molecule has 1 aromatic carbocycles. The second kappa shape index (κ2) is 7.01. The van der Waals surface area contributed by atoms with Crippen molar-refractivity contribution in [3.8, 4) is 0 Å². The minimum Gasteiger partial charge on any atom is -0.289 e. The van der Waals surface area contributed by atoms with Crippen molar-refractivity contribution in [2.45, 2.75) is 32.1 Å². The molecule has 0 aromatic heterocycles. The number of benzene rings is 1. The average molecular weight is 207 g/mol. The van der Waals surface area contributed by atoms with E-state index in [0.717, 1.165) is 25.7 Å². The van der Waals surface area contributed by atoms with Gasteiger partial charge in [-0.05, 0) is 24.8 Å². The van der Waals surface area contributed by atoms with E-state index in [4.69, 9.17) is 5.21 Å². The maximum atomic E-state index is 10.7. The second-order valence-electron chi connectivity index (χ2n) is 3.58. The summed E-state index contributed by atoms with van der Waals surface area (Å²) in [5.74, 6) is -0.297. The van der Waals surface area contributed by atoms with E-state index in [0.29, 0.717) is 6.42 Å². The summed E-state index contributed by atoms with van der Waals surface area (Å²) in [4.78, 5) is 10.7. The second-order valence-corrected chi connectivity index (χ2v) is 3.58. The number of hydrogen-bond donors (Lipinski definition) is 2. The van der Waals surface area contributed by atoms with E-state index in [1.54, 1.807) is 5.48 Å². The van der Waals surface area contributed by atoms with Crippen molar-refractivity contribution in [1.29, 1.82) is 0 Å². The van der Waals surface area contributed by atoms with Gasteiger partial charge in [0, 0.05) is 6.42 Å². The summed E-state index contributed by atoms with van der Waals surface area (Å²) in [7, 11) is 0. The van der Waals surface area contributed by atoms with Gasteiger partial charge in [-0.3, -0.25) is 10.0 Å². The van der Waals surface area contributed by atoms with Crippen molar-refractivity contribution in [3.05, 3.63) is 35.9 Å². The molecular formula is C12H17NO2. The number of amides is 1. The van der Waals surface area contributed by atoms with Crippen LogP contribution in [0.15, 0.2) is 30.3 Å². The first-order valence-electron chi connectivity index (χ1n) is 5.30. The van der Waals surface area contributed by atoms with Gasteiger partial charge in [0.2, 0.25) is 5.91 Å². The van der Waals surface area contributed by atoms with Crippen LogP contribution < -0.4 is 5.48 Å². The molecule has 1 amide bonds. The third-order valence-corrected chi connectivity index (χ3v) is 2.34. The van der Waals surface area contributed by atoms with Gasteiger partial charge < -0.3 is 0 Å². The molecule has 0 radical (unpaired) electrons. The Morgan fingerprint density at radius 3 is 2.53 bits per heavy atom. The lowest BCUT2D eigenvalue weighted by Crippen LogP contribution is -2.17. The molecule has 0 bridgehead atoms. The summed E-state index contributed by atoms with van der Waals surface area (Å²) >= 11 is 0. The lowest BCUT2D eigenvalue weighted by atomic mass is 10.1. The lowest BCUT2D eigenvalue weighted by molar-refractivity contribution is -0.129. The molecule has 1 aromatic rings. The van der Waals surface area contributed by atoms with Crippen LogP contribution in [0.2, 0.25) is 0 Å². The Morgan fingerprint density at radius 2 is 1.87 bits per heavy atom. The van der Waals surface area contributed by atoms with E-state index in [2.05, 4.69) is 12.1 Å². The van der Waals surface area contributed by atoms with Crippen LogP contribution in [0.1, 0.15) is 31.2 Å². The number of hydrogen-bond acceptors (Lipinski definition) is 2. The maximum absolute atomic E-state index is 10.7. The fraction of sp³-hybridized carbons (Fsp3) is 0.417. The molecule has 0 saturated carbocycles. The molecule has 0 aliphatic rings. The Morgan fingerprint density at radius 1 is 1.13 bits per heavy atom. The molecule has 0 atom stereocenters. The third-order valence-electron chi connectivity index (χ3n) is 2.34. The fourth-order valence-electron chi connectivity index (χ4n) is 1.49. The highest BCUT2D eigenvalue weighted by atomic mass is 16.5. The number of hydroxylamine groups is 1. The minimum atomic E-state index is -0.297. The topological polar surface area (TPSA) is 49.3 Å². The maximum Gasteiger partial charge on any atom is 0.243 e. The summed E-state index contributed by atoms with van der Waals surface area (Å²) in [5.41, 5.74) is 2.97. The van der Waals surface area contributed by atoms with Crippen LogP contribution >= 0.6 is 0 Å². The molecule has 0 fully saturated rings. The van der Waals surface area contributed by atoms with Gasteiger partial charge >= 0.3 is 0 Å². The summed E-state index contributed by atoms with van der Waals surface area (Å²) in [6, 6.07) is 10.3. The molecule has 2 N–H and O–H groups in total. The van der Waals surface area contributed by atoms with Gasteiger partial charge in [0.15, 0.2) is 0 Å². The fourth-order valence-corrected chi connectivity index (χ4v) is 1.49. The first-order chi connectivity index (χ1) is 7.33. The van der Waals surface area contributed by atoms with E-state index < -0.39 is 0 Å². The first kappa shape index (κ1) is 11.7. The Hall–Kier alpha value is -1.35. The molecule has 0 heterocycles. The monoisotopic (exact) mass is 207 g/mol. The highest BCUT2D eigenvalue weighted by Gasteiger charge is 1.98. The highest BCUT2D eigenvalue weighted by molar-refractivity contribution is 5.74. The van der Waals surface area contributed by atoms with Gasteiger partial charge in [-0.25, -0.2) is 5.48 Å². The molecule has 3 heteroatoms. The number of rotatable bonds is 6. The van der Waals surface area contributed by atoms with Gasteiger partial charge in [-0.1, -0.05) is 36.8 Å². The van der Waals surface area contributed by atoms with Gasteiger partial charge in [0.05, 0.1) is 0 Å². The Balaban J connectivity index is 2.05. The number of carbonyl (C=O) groups excluding carboxylic acids is 1. The lowest BCUT2D eigenvalue weighted by Gasteiger charge is -2.01. The SMILES string of the molecule is O=C(CCCCCc1ccccc1)NO. The number of nitrogens with one attached hydrogen (secondary N) is 1. The summed E-state index contributed by atoms with van der Waals surface area (Å²) in [6.45, 7) is 0. The Kier molecular flexibility index (Phi) is 5.48. The van der Waals surface area contributed by atoms with Gasteiger partial charge in [-0.15, -0.1) is 0 Å². The van der Waals surface area contributed by atoms with E-state index in [1.807, 2.05) is 18.2 Å². The molecule has 82 valence electrons. The molecule has 0 aliphatic heterocycles. The predicted molar refractivity (Wildman–Crippen MR) is 58.5 cm³/mol. The first-order valence-corrected chi connectivity index (χ1v) is 5.30. The van der Waals surface area contributed by atoms with Crippen molar-refractivity contribution in [2.75, 3.05) is 0 Å². The highest BCUT2D eigenvalue weighted by Crippen LogP contribution is 2.07. The van der Waals surface area contributed by atoms with E-state index in [-0.39, 0.29) is 5.91 Å². The van der Waals surface area contributed by atoms with Crippen molar-refractivity contribution < 1.29 is 10.0 Å². The van der Waals surface area contributed by atoms with Crippen LogP contribution in [0.5, 0.6) is 0 Å². The van der Waals surface area contributed by atoms with Crippen molar-refractivity contribution in [3.63, 3.8) is 0 Å². The molecule has 0 unspecified atom stereocenters. The summed E-state index contributed by atoms with van der Waals surface area (Å²) in [6.07, 6.45) is 4.40. The van der Waals surface area contributed by atoms with Crippen LogP contribution in [0.3, 0.4) is 0 Å². The molecule has 15 heavy (non-hydrogen) atoms. The Labute approximate surface area is 90.1 Å². The van der Waals surface area contributed by atoms with Gasteiger partial charge in [-0.2, -0.15) is 0 Å². The smallest absolute Gasteiger partial charge is 0.243 e. The zero-order valence-corrected chi connectivity index (χ0v) is 8.78. The van der Waals surface area contributed by atoms with Crippen LogP contribution in [0.25, 0.3) is 0 Å². The third kappa shape index (κ3) is 5.18. The van der Waals surface area contributed by atoms with Gasteiger partial charge in [0.1, 0.15) is 0 Å². The zero-order valence-electron chi connectivity index (χ0n) is 8.78. The van der Waals surface area contributed by atoms with Crippen molar-refractivity contribution in [2.24, 2.45) is 0 Å². The normalized spacial score (nSPS) is 9.93. The molecule has 0 saturated heterocycles. The largest absolute Gasteiger partial charge is 0.289 e. The molecule has 0 aliphatic carbocycles. The molecule has 1 rings (SSSR count). The summed E-state index contributed by atoms with van der Waals surface area (Å²) < 4.78 is 0. The minimum absolute atomic E-state index is 0.297. The molecule has 0 spiro atoms. The number of aryl methyl sites for hydroxylation is 1. The average Bonchev–Trinajstić information content (AvgIpc) is 2.29. The summed E-state index contributed by atoms with van der Waals surface area (Å²) in [5, 5.41) is 8.27. The number of carbonyl (C=O) groups is 1. The van der Waals surface area contributed by atoms with E-state index in [9.17, 15) is 4.79 Å². The quantitative estimate of drug-likeness (QED) is 0.427. The predicted octanol–water partition coefficient (Wildman–Crippen LogP) is 2.29. The van der Waals surface area contributed by atoms with E-state index in [1.165, 1.54) is 5.56 Å². The standard InChI is InChI=1S/C12H17NO2/c14-12(13-15)10-6-2-5-9-11-7-3-1-4-8-11/h1,3-4,7-8,15H,2,5-6,9-10H2,(H,13,14).